The number of nitriles is 1. The highest BCUT2D eigenvalue weighted by molar-refractivity contribution is 5.93. The molecule has 8 nitrogen and oxygen atoms in total. The van der Waals surface area contributed by atoms with Crippen LogP contribution in [0, 0.1) is 11.3 Å². The van der Waals surface area contributed by atoms with Gasteiger partial charge in [-0.3, -0.25) is 0 Å². The van der Waals surface area contributed by atoms with Crippen molar-refractivity contribution < 1.29 is 14.3 Å². The Hall–Kier alpha value is -2.14. The van der Waals surface area contributed by atoms with Gasteiger partial charge in [-0.15, -0.1) is 5.11 Å². The van der Waals surface area contributed by atoms with Crippen molar-refractivity contribution in [2.45, 2.75) is 18.9 Å². The number of hydrazine groups is 1. The molecule has 1 fully saturated rings. The van der Waals surface area contributed by atoms with Crippen molar-refractivity contribution in [2.75, 3.05) is 20.3 Å². The van der Waals surface area contributed by atoms with Gasteiger partial charge in [0.05, 0.1) is 19.8 Å². The van der Waals surface area contributed by atoms with Crippen molar-refractivity contribution in [3.63, 3.8) is 0 Å². The zero-order valence-electron chi connectivity index (χ0n) is 9.92. The lowest BCUT2D eigenvalue weighted by atomic mass is 10.2. The minimum atomic E-state index is -0.729. The molecule has 0 aromatic rings. The maximum absolute atomic E-state index is 11.4. The van der Waals surface area contributed by atoms with Gasteiger partial charge in [-0.25, -0.2) is 9.80 Å². The fraction of sp³-hybridized carbons (Fsp3) is 0.600. The summed E-state index contributed by atoms with van der Waals surface area (Å²) in [6.07, 6.45) is 1.99. The quantitative estimate of drug-likeness (QED) is 0.439. The Morgan fingerprint density at radius 3 is 3.22 bits per heavy atom. The summed E-state index contributed by atoms with van der Waals surface area (Å²) in [4.78, 5) is 11.4. The first kappa shape index (κ1) is 12.3. The van der Waals surface area contributed by atoms with E-state index in [0.717, 1.165) is 19.4 Å². The smallest absolute Gasteiger partial charge is 0.352 e. The van der Waals surface area contributed by atoms with Crippen molar-refractivity contribution in [3.05, 3.63) is 11.4 Å². The average molecular weight is 251 g/mol. The van der Waals surface area contributed by atoms with Gasteiger partial charge in [0.1, 0.15) is 6.07 Å². The molecule has 8 heteroatoms. The van der Waals surface area contributed by atoms with Gasteiger partial charge in [0.15, 0.2) is 11.4 Å². The molecular weight excluding hydrogens is 238 g/mol. The first-order chi connectivity index (χ1) is 8.76. The van der Waals surface area contributed by atoms with E-state index in [1.807, 2.05) is 0 Å². The summed E-state index contributed by atoms with van der Waals surface area (Å²) in [6, 6.07) is 1.78. The molecule has 1 atom stereocenters. The summed E-state index contributed by atoms with van der Waals surface area (Å²) in [7, 11) is 1.21. The third-order valence-electron chi connectivity index (χ3n) is 2.70. The van der Waals surface area contributed by atoms with Crippen LogP contribution in [-0.2, 0) is 14.3 Å². The first-order valence-electron chi connectivity index (χ1n) is 5.54. The van der Waals surface area contributed by atoms with Gasteiger partial charge in [0.2, 0.25) is 0 Å². The number of carbonyl (C=O) groups excluding carboxylic acids is 1. The van der Waals surface area contributed by atoms with Gasteiger partial charge >= 0.3 is 5.97 Å². The second kappa shape index (κ2) is 5.46. The molecule has 0 amide bonds. The van der Waals surface area contributed by atoms with E-state index in [4.69, 9.17) is 10.00 Å². The summed E-state index contributed by atoms with van der Waals surface area (Å²) in [5.74, 6) is -0.563. The Morgan fingerprint density at radius 2 is 2.61 bits per heavy atom. The molecule has 18 heavy (non-hydrogen) atoms. The maximum Gasteiger partial charge on any atom is 0.352 e. The summed E-state index contributed by atoms with van der Waals surface area (Å²) < 4.78 is 10.0. The normalized spacial score (nSPS) is 24.7. The zero-order chi connectivity index (χ0) is 13.0. The Balaban J connectivity index is 2.14. The van der Waals surface area contributed by atoms with E-state index in [1.165, 1.54) is 12.1 Å². The van der Waals surface area contributed by atoms with Crippen LogP contribution < -0.4 is 5.53 Å². The summed E-state index contributed by atoms with van der Waals surface area (Å²) >= 11 is 0. The molecule has 2 aliphatic heterocycles. The number of rotatable bonds is 3. The molecule has 0 aliphatic carbocycles. The van der Waals surface area contributed by atoms with Gasteiger partial charge in [0, 0.05) is 6.61 Å². The number of hydrogen-bond acceptors (Lipinski definition) is 8. The molecule has 0 bridgehead atoms. The molecule has 0 spiro atoms. The second-order valence-electron chi connectivity index (χ2n) is 3.85. The Kier molecular flexibility index (Phi) is 3.74. The molecule has 2 aliphatic rings. The molecule has 1 unspecified atom stereocenters. The van der Waals surface area contributed by atoms with Gasteiger partial charge in [0.25, 0.3) is 0 Å². The van der Waals surface area contributed by atoms with Crippen LogP contribution in [0.5, 0.6) is 0 Å². The fourth-order valence-electron chi connectivity index (χ4n) is 1.82. The van der Waals surface area contributed by atoms with Crippen molar-refractivity contribution in [1.29, 1.82) is 5.26 Å². The highest BCUT2D eigenvalue weighted by atomic mass is 16.5. The van der Waals surface area contributed by atoms with E-state index < -0.39 is 5.97 Å². The number of nitrogens with zero attached hydrogens (tertiary/aromatic N) is 4. The van der Waals surface area contributed by atoms with Gasteiger partial charge in [-0.05, 0) is 12.8 Å². The lowest BCUT2D eigenvalue weighted by Crippen LogP contribution is -2.36. The van der Waals surface area contributed by atoms with Crippen LogP contribution in [0.25, 0.3) is 0 Å². The van der Waals surface area contributed by atoms with Crippen LogP contribution >= 0.6 is 0 Å². The highest BCUT2D eigenvalue weighted by Gasteiger charge is 2.28. The molecule has 96 valence electrons. The van der Waals surface area contributed by atoms with Crippen molar-refractivity contribution in [3.8, 4) is 6.07 Å². The largest absolute Gasteiger partial charge is 0.465 e. The van der Waals surface area contributed by atoms with E-state index in [1.54, 1.807) is 6.07 Å². The van der Waals surface area contributed by atoms with Crippen molar-refractivity contribution in [1.82, 2.24) is 10.5 Å². The molecule has 0 aromatic heterocycles. The molecule has 0 saturated carbocycles. The van der Waals surface area contributed by atoms with Crippen LogP contribution in [-0.4, -0.2) is 37.3 Å². The van der Waals surface area contributed by atoms with Crippen LogP contribution in [0.3, 0.4) is 0 Å². The van der Waals surface area contributed by atoms with Gasteiger partial charge in [-0.1, -0.05) is 5.22 Å². The lowest BCUT2D eigenvalue weighted by molar-refractivity contribution is -0.135. The number of carbonyl (C=O) groups is 1. The number of ether oxygens (including phenoxy) is 2. The van der Waals surface area contributed by atoms with Crippen molar-refractivity contribution >= 4 is 5.97 Å². The summed E-state index contributed by atoms with van der Waals surface area (Å²) in [5.41, 5.74) is 2.45. The maximum atomic E-state index is 11.4. The standard InChI is InChI=1S/C10H13N5O3/c1-17-10(16)8(5-11)9-12-13-14-15(9)6-7-3-2-4-18-7/h7H,2-4,6H2,1H3,(H,12,14)/b9-8+. The number of esters is 1. The SMILES string of the molecule is COC(=O)/C(C#N)=C1\N=NNN1CC1CCCO1. The predicted octanol–water partition coefficient (Wildman–Crippen LogP) is 0.261. The molecular formula is C10H13N5O3. The molecule has 2 rings (SSSR count). The predicted molar refractivity (Wildman–Crippen MR) is 58.3 cm³/mol. The summed E-state index contributed by atoms with van der Waals surface area (Å²) in [6.45, 7) is 1.21. The van der Waals surface area contributed by atoms with Crippen LogP contribution in [0.1, 0.15) is 12.8 Å². The number of methoxy groups -OCH3 is 1. The van der Waals surface area contributed by atoms with Crippen molar-refractivity contribution in [2.24, 2.45) is 10.3 Å². The second-order valence-corrected chi connectivity index (χ2v) is 3.85. The minimum absolute atomic E-state index is 0.0496. The molecule has 1 N–H and O–H groups in total. The van der Waals surface area contributed by atoms with E-state index >= 15 is 0 Å². The van der Waals surface area contributed by atoms with Gasteiger partial charge in [-0.2, -0.15) is 10.8 Å². The molecule has 2 heterocycles. The fourth-order valence-corrected chi connectivity index (χ4v) is 1.82. The number of hydrogen-bond donors (Lipinski definition) is 1. The Bertz CT molecular complexity index is 433. The van der Waals surface area contributed by atoms with E-state index in [0.29, 0.717) is 6.54 Å². The Morgan fingerprint density at radius 1 is 1.78 bits per heavy atom. The zero-order valence-corrected chi connectivity index (χ0v) is 9.92. The van der Waals surface area contributed by atoms with Gasteiger partial charge < -0.3 is 9.47 Å². The van der Waals surface area contributed by atoms with E-state index in [9.17, 15) is 4.79 Å². The minimum Gasteiger partial charge on any atom is -0.465 e. The lowest BCUT2D eigenvalue weighted by Gasteiger charge is -2.20. The highest BCUT2D eigenvalue weighted by Crippen LogP contribution is 2.20. The summed E-state index contributed by atoms with van der Waals surface area (Å²) in [5, 5.41) is 17.8. The Labute approximate surface area is 104 Å². The number of nitrogens with one attached hydrogen (secondary N) is 1. The van der Waals surface area contributed by atoms with Crippen LogP contribution in [0.15, 0.2) is 21.7 Å². The molecule has 1 saturated heterocycles. The first-order valence-corrected chi connectivity index (χ1v) is 5.54. The average Bonchev–Trinajstić information content (AvgIpc) is 3.03. The topological polar surface area (TPSA) is 99.3 Å². The third kappa shape index (κ3) is 2.41. The molecule has 0 aromatic carbocycles. The van der Waals surface area contributed by atoms with E-state index in [-0.39, 0.29) is 17.5 Å². The third-order valence-corrected chi connectivity index (χ3v) is 2.70. The monoisotopic (exact) mass is 251 g/mol. The van der Waals surface area contributed by atoms with E-state index in [2.05, 4.69) is 20.6 Å². The molecule has 0 radical (unpaired) electrons. The van der Waals surface area contributed by atoms with Crippen LogP contribution in [0.2, 0.25) is 0 Å². The van der Waals surface area contributed by atoms with Crippen LogP contribution in [0.4, 0.5) is 0 Å².